The highest BCUT2D eigenvalue weighted by Gasteiger charge is 2.25. The molecule has 2 aromatic heterocycles. The number of halogens is 2. The molecule has 1 aliphatic heterocycles. The van der Waals surface area contributed by atoms with Crippen molar-refractivity contribution in [1.29, 1.82) is 0 Å². The molecule has 3 amide bonds. The van der Waals surface area contributed by atoms with Crippen LogP contribution >= 0.6 is 23.2 Å². The summed E-state index contributed by atoms with van der Waals surface area (Å²) in [5.74, 6) is 1.00. The van der Waals surface area contributed by atoms with E-state index in [0.717, 1.165) is 30.5 Å². The van der Waals surface area contributed by atoms with Crippen LogP contribution in [-0.2, 0) is 13.6 Å². The van der Waals surface area contributed by atoms with Crippen molar-refractivity contribution in [1.82, 2.24) is 19.4 Å². The van der Waals surface area contributed by atoms with Gasteiger partial charge in [-0.1, -0.05) is 53.5 Å². The van der Waals surface area contributed by atoms with Gasteiger partial charge in [0.15, 0.2) is 0 Å². The van der Waals surface area contributed by atoms with Crippen LogP contribution < -0.4 is 15.0 Å². The van der Waals surface area contributed by atoms with E-state index in [-0.39, 0.29) is 11.9 Å². The number of benzene rings is 3. The number of aryl methyl sites for hydroxylation is 1. The number of hydrogen-bond donors (Lipinski definition) is 1. The van der Waals surface area contributed by atoms with Gasteiger partial charge in [0.1, 0.15) is 11.4 Å². The topological polar surface area (TPSA) is 82.9 Å². The van der Waals surface area contributed by atoms with Crippen LogP contribution in [0.5, 0.6) is 11.6 Å². The summed E-state index contributed by atoms with van der Waals surface area (Å²) in [5, 5.41) is 4.50. The van der Waals surface area contributed by atoms with E-state index < -0.39 is 0 Å². The number of rotatable bonds is 8. The minimum absolute atomic E-state index is 0.0291. The maximum atomic E-state index is 13.5. The lowest BCUT2D eigenvalue weighted by Gasteiger charge is -2.34. The monoisotopic (exact) mass is 656 g/mol. The molecule has 5 aromatic rings. The van der Waals surface area contributed by atoms with E-state index in [0.29, 0.717) is 58.4 Å². The van der Waals surface area contributed by atoms with Crippen LogP contribution in [0, 0.1) is 0 Å². The van der Waals surface area contributed by atoms with Gasteiger partial charge in [0, 0.05) is 69.0 Å². The second kappa shape index (κ2) is 13.8. The summed E-state index contributed by atoms with van der Waals surface area (Å²) in [6.45, 7) is 6.25. The number of ether oxygens (including phenoxy) is 1. The molecule has 46 heavy (non-hydrogen) atoms. The smallest absolute Gasteiger partial charge is 0.326 e. The van der Waals surface area contributed by atoms with E-state index >= 15 is 0 Å². The van der Waals surface area contributed by atoms with Crippen LogP contribution in [0.15, 0.2) is 91.1 Å². The standard InChI is InChI=1S/C35H34Cl2N6O3/c1-3-43(35(45)39-26-9-12-29(36)30(37)21-26)27-10-14-33(38-22-27)46-28-11-13-31-25(19-28)20-32(40(31)2)34(44)42-17-15-41(16-18-42)23-24-7-5-4-6-8-24/h4-14,19-22H,3,15-18,23H2,1-2H3,(H,39,45). The summed E-state index contributed by atoms with van der Waals surface area (Å²) in [7, 11) is 1.92. The van der Waals surface area contributed by atoms with E-state index in [1.165, 1.54) is 5.56 Å². The van der Waals surface area contributed by atoms with Crippen molar-refractivity contribution in [2.75, 3.05) is 42.9 Å². The summed E-state index contributed by atoms with van der Waals surface area (Å²) in [5.41, 5.74) is 4.01. The maximum Gasteiger partial charge on any atom is 0.326 e. The number of hydrogen-bond acceptors (Lipinski definition) is 5. The molecule has 6 rings (SSSR count). The van der Waals surface area contributed by atoms with Gasteiger partial charge in [0.2, 0.25) is 5.88 Å². The molecule has 1 fully saturated rings. The lowest BCUT2D eigenvalue weighted by molar-refractivity contribution is 0.0619. The number of amides is 3. The average molecular weight is 658 g/mol. The lowest BCUT2D eigenvalue weighted by Crippen LogP contribution is -2.48. The van der Waals surface area contributed by atoms with Gasteiger partial charge >= 0.3 is 6.03 Å². The number of nitrogens with zero attached hydrogens (tertiary/aromatic N) is 5. The Hall–Kier alpha value is -4.57. The first kappa shape index (κ1) is 31.4. The van der Waals surface area contributed by atoms with E-state index in [1.54, 1.807) is 41.4 Å². The average Bonchev–Trinajstić information content (AvgIpc) is 3.39. The van der Waals surface area contributed by atoms with Crippen LogP contribution in [-0.4, -0.2) is 64.0 Å². The molecule has 0 aliphatic carbocycles. The Morgan fingerprint density at radius 1 is 0.913 bits per heavy atom. The van der Waals surface area contributed by atoms with E-state index in [2.05, 4.69) is 39.5 Å². The van der Waals surface area contributed by atoms with Gasteiger partial charge < -0.3 is 19.5 Å². The fourth-order valence-electron chi connectivity index (χ4n) is 5.63. The largest absolute Gasteiger partial charge is 0.439 e. The third kappa shape index (κ3) is 6.97. The number of aromatic nitrogens is 2. The van der Waals surface area contributed by atoms with Gasteiger partial charge in [-0.05, 0) is 61.0 Å². The fraction of sp³-hybridized carbons (Fsp3) is 0.229. The molecule has 9 nitrogen and oxygen atoms in total. The predicted molar refractivity (Wildman–Crippen MR) is 183 cm³/mol. The van der Waals surface area contributed by atoms with Crippen molar-refractivity contribution < 1.29 is 14.3 Å². The summed E-state index contributed by atoms with van der Waals surface area (Å²) in [6.07, 6.45) is 1.59. The Kier molecular flexibility index (Phi) is 9.44. The third-order valence-corrected chi connectivity index (χ3v) is 8.87. The molecule has 0 bridgehead atoms. The maximum absolute atomic E-state index is 13.5. The van der Waals surface area contributed by atoms with E-state index in [9.17, 15) is 9.59 Å². The molecule has 1 saturated heterocycles. The highest BCUT2D eigenvalue weighted by Crippen LogP contribution is 2.29. The van der Waals surface area contributed by atoms with E-state index in [4.69, 9.17) is 27.9 Å². The Labute approximate surface area is 277 Å². The van der Waals surface area contributed by atoms with Crippen LogP contribution in [0.1, 0.15) is 23.0 Å². The van der Waals surface area contributed by atoms with Crippen LogP contribution in [0.3, 0.4) is 0 Å². The number of nitrogens with one attached hydrogen (secondary N) is 1. The van der Waals surface area contributed by atoms with Gasteiger partial charge in [-0.25, -0.2) is 9.78 Å². The molecule has 0 saturated carbocycles. The fourth-order valence-corrected chi connectivity index (χ4v) is 5.93. The number of piperazine rings is 1. The molecule has 0 atom stereocenters. The van der Waals surface area contributed by atoms with Crippen molar-refractivity contribution in [3.63, 3.8) is 0 Å². The van der Waals surface area contributed by atoms with Crippen molar-refractivity contribution in [2.24, 2.45) is 7.05 Å². The molecular formula is C35H34Cl2N6O3. The highest BCUT2D eigenvalue weighted by molar-refractivity contribution is 6.42. The molecule has 0 spiro atoms. The molecule has 1 N–H and O–H groups in total. The number of fused-ring (bicyclic) bond motifs is 1. The molecule has 3 heterocycles. The van der Waals surface area contributed by atoms with E-state index in [1.807, 2.05) is 53.8 Å². The Morgan fingerprint density at radius 3 is 2.39 bits per heavy atom. The first-order valence-electron chi connectivity index (χ1n) is 15.1. The molecule has 3 aromatic carbocycles. The normalized spacial score (nSPS) is 13.5. The molecule has 11 heteroatoms. The van der Waals surface area contributed by atoms with Gasteiger partial charge in [-0.15, -0.1) is 0 Å². The first-order valence-corrected chi connectivity index (χ1v) is 15.9. The quantitative estimate of drug-likeness (QED) is 0.185. The third-order valence-electron chi connectivity index (χ3n) is 8.13. The zero-order valence-electron chi connectivity index (χ0n) is 25.6. The Balaban J connectivity index is 1.09. The minimum Gasteiger partial charge on any atom is -0.439 e. The van der Waals surface area contributed by atoms with Crippen LogP contribution in [0.25, 0.3) is 10.9 Å². The molecule has 0 radical (unpaired) electrons. The summed E-state index contributed by atoms with van der Waals surface area (Å²) in [4.78, 5) is 36.8. The summed E-state index contributed by atoms with van der Waals surface area (Å²) in [6, 6.07) is 26.1. The first-order chi connectivity index (χ1) is 22.3. The number of pyridine rings is 1. The number of anilines is 2. The van der Waals surface area contributed by atoms with Crippen molar-refractivity contribution in [3.8, 4) is 11.6 Å². The van der Waals surface area contributed by atoms with Crippen molar-refractivity contribution in [3.05, 3.63) is 112 Å². The molecule has 0 unspecified atom stereocenters. The Morgan fingerprint density at radius 2 is 1.70 bits per heavy atom. The predicted octanol–water partition coefficient (Wildman–Crippen LogP) is 7.69. The highest BCUT2D eigenvalue weighted by atomic mass is 35.5. The van der Waals surface area contributed by atoms with Crippen molar-refractivity contribution >= 4 is 57.4 Å². The second-order valence-corrected chi connectivity index (χ2v) is 11.9. The zero-order chi connectivity index (χ0) is 32.2. The number of urea groups is 1. The number of carbonyl (C=O) groups excluding carboxylic acids is 2. The summed E-state index contributed by atoms with van der Waals surface area (Å²) < 4.78 is 7.99. The summed E-state index contributed by atoms with van der Waals surface area (Å²) >= 11 is 12.1. The van der Waals surface area contributed by atoms with Crippen LogP contribution in [0.2, 0.25) is 10.0 Å². The Bertz CT molecular complexity index is 1850. The van der Waals surface area contributed by atoms with Gasteiger partial charge in [0.25, 0.3) is 5.91 Å². The van der Waals surface area contributed by atoms with Crippen LogP contribution in [0.4, 0.5) is 16.2 Å². The molecule has 236 valence electrons. The molecular weight excluding hydrogens is 623 g/mol. The molecule has 1 aliphatic rings. The van der Waals surface area contributed by atoms with Gasteiger partial charge in [-0.3, -0.25) is 14.6 Å². The zero-order valence-corrected chi connectivity index (χ0v) is 27.1. The van der Waals surface area contributed by atoms with Gasteiger partial charge in [0.05, 0.1) is 21.9 Å². The lowest BCUT2D eigenvalue weighted by atomic mass is 10.2. The SMILES string of the molecule is CCN(C(=O)Nc1ccc(Cl)c(Cl)c1)c1ccc(Oc2ccc3c(c2)cc(C(=O)N2CCN(Cc4ccccc4)CC2)n3C)nc1. The van der Waals surface area contributed by atoms with Crippen molar-refractivity contribution in [2.45, 2.75) is 13.5 Å². The minimum atomic E-state index is -0.328. The number of carbonyl (C=O) groups is 2. The second-order valence-electron chi connectivity index (χ2n) is 11.1. The van der Waals surface area contributed by atoms with Gasteiger partial charge in [-0.2, -0.15) is 0 Å².